The van der Waals surface area contributed by atoms with E-state index in [4.69, 9.17) is 5.73 Å². The van der Waals surface area contributed by atoms with Crippen LogP contribution in [0.15, 0.2) is 24.3 Å². The van der Waals surface area contributed by atoms with Crippen molar-refractivity contribution in [2.24, 2.45) is 17.6 Å². The van der Waals surface area contributed by atoms with Crippen LogP contribution in [-0.4, -0.2) is 6.36 Å². The van der Waals surface area contributed by atoms with Crippen molar-refractivity contribution in [1.82, 2.24) is 0 Å². The van der Waals surface area contributed by atoms with Gasteiger partial charge < -0.3 is 10.5 Å². The molecule has 2 unspecified atom stereocenters. The van der Waals surface area contributed by atoms with E-state index in [0.29, 0.717) is 30.2 Å². The number of ether oxygens (including phenoxy) is 1. The van der Waals surface area contributed by atoms with Gasteiger partial charge in [-0.1, -0.05) is 32.0 Å². The van der Waals surface area contributed by atoms with E-state index in [2.05, 4.69) is 18.6 Å². The predicted octanol–water partition coefficient (Wildman–Crippen LogP) is 4.20. The van der Waals surface area contributed by atoms with Gasteiger partial charge in [0.05, 0.1) is 0 Å². The second-order valence-electron chi connectivity index (χ2n) is 6.05. The van der Waals surface area contributed by atoms with E-state index in [1.165, 1.54) is 12.1 Å². The number of hydrogen-bond acceptors (Lipinski definition) is 2. The first-order valence-corrected chi connectivity index (χ1v) is 6.84. The second kappa shape index (κ2) is 5.28. The minimum absolute atomic E-state index is 0.177. The van der Waals surface area contributed by atoms with Crippen molar-refractivity contribution in [3.05, 3.63) is 29.8 Å². The Labute approximate surface area is 117 Å². The molecule has 1 aromatic carbocycles. The number of alkyl halides is 3. The van der Waals surface area contributed by atoms with Crippen LogP contribution in [0.4, 0.5) is 13.2 Å². The molecular weight excluding hydrogens is 267 g/mol. The standard InChI is InChI=1S/C15H20F3NO/c1-10-7-11(2)9-14(19,8-10)12-5-3-4-6-13(12)20-15(16,17)18/h3-6,10-11H,7-9,19H2,1-2H3. The average molecular weight is 287 g/mol. The average Bonchev–Trinajstić information content (AvgIpc) is 2.25. The van der Waals surface area contributed by atoms with Gasteiger partial charge in [-0.3, -0.25) is 0 Å². The van der Waals surface area contributed by atoms with Crippen LogP contribution in [0.1, 0.15) is 38.7 Å². The van der Waals surface area contributed by atoms with E-state index in [1.807, 2.05) is 0 Å². The van der Waals surface area contributed by atoms with Crippen LogP contribution in [0, 0.1) is 11.8 Å². The quantitative estimate of drug-likeness (QED) is 0.885. The third kappa shape index (κ3) is 3.45. The number of nitrogens with two attached hydrogens (primary N) is 1. The van der Waals surface area contributed by atoms with Crippen LogP contribution in [0.5, 0.6) is 5.75 Å². The Hall–Kier alpha value is -1.23. The molecule has 0 radical (unpaired) electrons. The Bertz CT molecular complexity index is 462. The maximum atomic E-state index is 12.5. The van der Waals surface area contributed by atoms with Gasteiger partial charge in [-0.15, -0.1) is 13.2 Å². The van der Waals surface area contributed by atoms with Crippen molar-refractivity contribution in [1.29, 1.82) is 0 Å². The number of benzene rings is 1. The fourth-order valence-corrected chi connectivity index (χ4v) is 3.49. The van der Waals surface area contributed by atoms with Crippen molar-refractivity contribution < 1.29 is 17.9 Å². The lowest BCUT2D eigenvalue weighted by molar-refractivity contribution is -0.275. The molecule has 1 aromatic rings. The van der Waals surface area contributed by atoms with Crippen LogP contribution < -0.4 is 10.5 Å². The number of hydrogen-bond donors (Lipinski definition) is 1. The summed E-state index contributed by atoms with van der Waals surface area (Å²) in [5.41, 5.74) is 6.14. The molecule has 0 bridgehead atoms. The van der Waals surface area contributed by atoms with Crippen molar-refractivity contribution in [2.45, 2.75) is 45.0 Å². The molecular formula is C15H20F3NO. The highest BCUT2D eigenvalue weighted by molar-refractivity contribution is 5.39. The Morgan fingerprint density at radius 3 is 2.25 bits per heavy atom. The summed E-state index contributed by atoms with van der Waals surface area (Å²) in [6, 6.07) is 6.22. The number of para-hydroxylation sites is 1. The van der Waals surface area contributed by atoms with Crippen LogP contribution in [0.2, 0.25) is 0 Å². The van der Waals surface area contributed by atoms with E-state index in [-0.39, 0.29) is 5.75 Å². The fourth-order valence-electron chi connectivity index (χ4n) is 3.49. The van der Waals surface area contributed by atoms with Gasteiger partial charge in [-0.05, 0) is 37.2 Å². The molecule has 2 atom stereocenters. The molecule has 1 fully saturated rings. The highest BCUT2D eigenvalue weighted by Crippen LogP contribution is 2.44. The first kappa shape index (κ1) is 15.2. The monoisotopic (exact) mass is 287 g/mol. The van der Waals surface area contributed by atoms with E-state index in [1.54, 1.807) is 12.1 Å². The van der Waals surface area contributed by atoms with Gasteiger partial charge in [0.1, 0.15) is 5.75 Å². The van der Waals surface area contributed by atoms with Gasteiger partial charge in [-0.25, -0.2) is 0 Å². The van der Waals surface area contributed by atoms with Crippen LogP contribution >= 0.6 is 0 Å². The third-order valence-corrected chi connectivity index (χ3v) is 3.88. The number of rotatable bonds is 2. The van der Waals surface area contributed by atoms with E-state index in [0.717, 1.165) is 6.42 Å². The Morgan fingerprint density at radius 1 is 1.15 bits per heavy atom. The Morgan fingerprint density at radius 2 is 1.70 bits per heavy atom. The minimum atomic E-state index is -4.70. The largest absolute Gasteiger partial charge is 0.573 e. The normalized spacial score (nSPS) is 31.1. The van der Waals surface area contributed by atoms with Crippen molar-refractivity contribution in [2.75, 3.05) is 0 Å². The van der Waals surface area contributed by atoms with Crippen LogP contribution in [0.3, 0.4) is 0 Å². The first-order valence-electron chi connectivity index (χ1n) is 6.84. The van der Waals surface area contributed by atoms with Gasteiger partial charge in [0.25, 0.3) is 0 Å². The van der Waals surface area contributed by atoms with E-state index in [9.17, 15) is 13.2 Å². The summed E-state index contributed by atoms with van der Waals surface area (Å²) >= 11 is 0. The summed E-state index contributed by atoms with van der Waals surface area (Å²) in [4.78, 5) is 0. The molecule has 0 heterocycles. The first-order chi connectivity index (χ1) is 9.20. The van der Waals surface area contributed by atoms with Crippen molar-refractivity contribution in [3.8, 4) is 5.75 Å². The van der Waals surface area contributed by atoms with Gasteiger partial charge in [0.2, 0.25) is 0 Å². The van der Waals surface area contributed by atoms with Crippen molar-refractivity contribution >= 4 is 0 Å². The lowest BCUT2D eigenvalue weighted by atomic mass is 9.69. The summed E-state index contributed by atoms with van der Waals surface area (Å²) < 4.78 is 41.7. The summed E-state index contributed by atoms with van der Waals surface area (Å²) in [7, 11) is 0. The summed E-state index contributed by atoms with van der Waals surface area (Å²) in [6.45, 7) is 4.18. The minimum Gasteiger partial charge on any atom is -0.405 e. The molecule has 2 nitrogen and oxygen atoms in total. The van der Waals surface area contributed by atoms with Gasteiger partial charge >= 0.3 is 6.36 Å². The highest BCUT2D eigenvalue weighted by Gasteiger charge is 2.40. The molecule has 0 amide bonds. The second-order valence-corrected chi connectivity index (χ2v) is 6.05. The molecule has 0 aliphatic heterocycles. The molecule has 20 heavy (non-hydrogen) atoms. The highest BCUT2D eigenvalue weighted by atomic mass is 19.4. The zero-order chi connectivity index (χ0) is 15.0. The maximum Gasteiger partial charge on any atom is 0.573 e. The summed E-state index contributed by atoms with van der Waals surface area (Å²) in [6.07, 6.45) is -2.29. The molecule has 2 N–H and O–H groups in total. The Kier molecular flexibility index (Phi) is 4.00. The van der Waals surface area contributed by atoms with Crippen LogP contribution in [0.25, 0.3) is 0 Å². The smallest absolute Gasteiger partial charge is 0.405 e. The van der Waals surface area contributed by atoms with E-state index >= 15 is 0 Å². The molecule has 5 heteroatoms. The molecule has 1 saturated carbocycles. The van der Waals surface area contributed by atoms with Gasteiger partial charge in [0.15, 0.2) is 0 Å². The fraction of sp³-hybridized carbons (Fsp3) is 0.600. The zero-order valence-electron chi connectivity index (χ0n) is 11.7. The summed E-state index contributed by atoms with van der Waals surface area (Å²) in [5.74, 6) is 0.606. The zero-order valence-corrected chi connectivity index (χ0v) is 11.7. The molecule has 0 spiro atoms. The van der Waals surface area contributed by atoms with Gasteiger partial charge in [0, 0.05) is 11.1 Å². The molecule has 0 aromatic heterocycles. The SMILES string of the molecule is CC1CC(C)CC(N)(c2ccccc2OC(F)(F)F)C1. The third-order valence-electron chi connectivity index (χ3n) is 3.88. The molecule has 2 rings (SSSR count). The molecule has 112 valence electrons. The maximum absolute atomic E-state index is 12.5. The summed E-state index contributed by atoms with van der Waals surface area (Å²) in [5, 5.41) is 0. The molecule has 1 aliphatic rings. The topological polar surface area (TPSA) is 35.2 Å². The lowest BCUT2D eigenvalue weighted by Gasteiger charge is -2.41. The molecule has 0 saturated heterocycles. The Balaban J connectivity index is 2.36. The molecule has 1 aliphatic carbocycles. The van der Waals surface area contributed by atoms with Crippen molar-refractivity contribution in [3.63, 3.8) is 0 Å². The lowest BCUT2D eigenvalue weighted by Crippen LogP contribution is -2.44. The van der Waals surface area contributed by atoms with E-state index < -0.39 is 11.9 Å². The van der Waals surface area contributed by atoms with Crippen LogP contribution in [-0.2, 0) is 5.54 Å². The predicted molar refractivity (Wildman–Crippen MR) is 71.2 cm³/mol. The van der Waals surface area contributed by atoms with Gasteiger partial charge in [-0.2, -0.15) is 0 Å². The number of halogens is 3.